The number of nitrogens with one attached hydrogen (secondary N) is 3. The summed E-state index contributed by atoms with van der Waals surface area (Å²) < 4.78 is 9.83. The molecule has 13 nitrogen and oxygen atoms in total. The number of allylic oxidation sites excluding steroid dienone is 3. The molecular formula is C46H65N9O4S. The number of nitrogens with zero attached hydrogens (tertiary/aromatic N) is 5. The molecule has 3 fully saturated rings. The maximum Gasteiger partial charge on any atom is 0.299 e. The van der Waals surface area contributed by atoms with Crippen LogP contribution in [0.2, 0.25) is 0 Å². The maximum atomic E-state index is 10.7. The van der Waals surface area contributed by atoms with Crippen molar-refractivity contribution in [2.45, 2.75) is 118 Å². The van der Waals surface area contributed by atoms with Gasteiger partial charge in [0.05, 0.1) is 28.6 Å². The number of hydrogen-bond donors (Lipinski definition) is 7. The summed E-state index contributed by atoms with van der Waals surface area (Å²) in [5.41, 5.74) is 11.6. The van der Waals surface area contributed by atoms with Gasteiger partial charge in [-0.25, -0.2) is 9.98 Å². The number of dihydropyridines is 1. The molecule has 2 unspecified atom stereocenters. The fourth-order valence-electron chi connectivity index (χ4n) is 11.5. The molecule has 1 saturated heterocycles. The van der Waals surface area contributed by atoms with Crippen LogP contribution in [0.5, 0.6) is 0 Å². The SMILES string of the molecule is CCC1(Cn2ncc(C3=CC=C(N4CCC/C(=C(C)/C(N)=N/c5nc6ccccc6s5)C4=N)NC3=C(O)O)c2C)C[C@@]2(C)CC(C)(OCCNCCCCO)C[C@@](C)(C1)C2. The van der Waals surface area contributed by atoms with E-state index in [2.05, 4.69) is 59.9 Å². The van der Waals surface area contributed by atoms with Crippen molar-refractivity contribution in [1.82, 2.24) is 30.3 Å². The molecule has 2 saturated carbocycles. The van der Waals surface area contributed by atoms with Crippen molar-refractivity contribution in [3.8, 4) is 0 Å². The normalized spacial score (nSPS) is 28.1. The van der Waals surface area contributed by atoms with Crippen molar-refractivity contribution in [2.24, 2.45) is 27.0 Å². The number of para-hydroxylation sites is 1. The molecule has 3 aromatic rings. The third kappa shape index (κ3) is 9.21. The van der Waals surface area contributed by atoms with E-state index in [1.54, 1.807) is 0 Å². The number of ether oxygens (including phenoxy) is 1. The molecule has 0 radical (unpaired) electrons. The van der Waals surface area contributed by atoms with Gasteiger partial charge < -0.3 is 41.3 Å². The van der Waals surface area contributed by atoms with Gasteiger partial charge in [0.1, 0.15) is 23.2 Å². The summed E-state index contributed by atoms with van der Waals surface area (Å²) >= 11 is 1.47. The number of likely N-dealkylation sites (tertiary alicyclic amines) is 1. The van der Waals surface area contributed by atoms with Crippen LogP contribution in [0.1, 0.15) is 110 Å². The van der Waals surface area contributed by atoms with Gasteiger partial charge in [-0.15, -0.1) is 0 Å². The number of aliphatic hydroxyl groups excluding tert-OH is 2. The van der Waals surface area contributed by atoms with Crippen LogP contribution in [-0.4, -0.2) is 85.1 Å². The maximum absolute atomic E-state index is 10.7. The summed E-state index contributed by atoms with van der Waals surface area (Å²) in [6.07, 6.45) is 15.3. The third-order valence-corrected chi connectivity index (χ3v) is 14.3. The minimum Gasteiger partial charge on any atom is -0.480 e. The zero-order chi connectivity index (χ0) is 42.9. The minimum absolute atomic E-state index is 0.0515. The summed E-state index contributed by atoms with van der Waals surface area (Å²) in [6.45, 7) is 17.5. The van der Waals surface area contributed by atoms with Crippen LogP contribution in [0.4, 0.5) is 5.13 Å². The smallest absolute Gasteiger partial charge is 0.299 e. The van der Waals surface area contributed by atoms with Crippen molar-refractivity contribution in [3.05, 3.63) is 82.5 Å². The molecule has 0 spiro atoms. The number of nitrogens with two attached hydrogens (primary N) is 1. The number of aromatic nitrogens is 3. The van der Waals surface area contributed by atoms with E-state index in [0.717, 1.165) is 104 Å². The lowest BCUT2D eigenvalue weighted by molar-refractivity contribution is -0.172. The fourth-order valence-corrected chi connectivity index (χ4v) is 12.3. The molecule has 0 amide bonds. The first kappa shape index (κ1) is 43.6. The predicted octanol–water partition coefficient (Wildman–Crippen LogP) is 8.52. The molecule has 7 rings (SSSR count). The Hall–Kier alpha value is -4.50. The van der Waals surface area contributed by atoms with Crippen LogP contribution in [0.3, 0.4) is 0 Å². The van der Waals surface area contributed by atoms with E-state index in [1.807, 2.05) is 54.4 Å². The molecule has 1 aromatic carbocycles. The van der Waals surface area contributed by atoms with Crippen molar-refractivity contribution >= 4 is 43.9 Å². The zero-order valence-electron chi connectivity index (χ0n) is 36.3. The molecule has 2 aliphatic carbocycles. The van der Waals surface area contributed by atoms with E-state index in [0.29, 0.717) is 41.9 Å². The Balaban J connectivity index is 1.07. The molecule has 2 aromatic heterocycles. The highest BCUT2D eigenvalue weighted by Crippen LogP contribution is 2.65. The highest BCUT2D eigenvalue weighted by atomic mass is 32.1. The standard InChI is InChI=1S/C46H65N9O4S/c1-7-46(27-43(4)24-44(5,28-46)26-45(6,25-43)59-22-19-49-18-10-11-21-56)29-55-31(3)34(23-50-55)33-16-17-37(52-38(33)41(57)58)54-20-12-13-32(40(54)48)30(2)39(47)53-42-51-35-14-8-9-15-36(35)60-42/h8-9,14-17,23,48-49,52,56-58H,7,10-13,18-22,24-29H2,1-6H3,(H2,47,51,53)/b32-30-,48-40?/t43-,44+,45?,46?. The summed E-state index contributed by atoms with van der Waals surface area (Å²) in [4.78, 5) is 11.1. The number of rotatable bonds is 15. The second kappa shape index (κ2) is 17.5. The number of benzene rings is 1. The fraction of sp³-hybridized carbons (Fsp3) is 0.565. The first-order chi connectivity index (χ1) is 28.6. The van der Waals surface area contributed by atoms with Crippen LogP contribution in [0, 0.1) is 28.6 Å². The Bertz CT molecular complexity index is 2190. The third-order valence-electron chi connectivity index (χ3n) is 13.3. The molecule has 2 aliphatic heterocycles. The van der Waals surface area contributed by atoms with Gasteiger partial charge >= 0.3 is 0 Å². The predicted molar refractivity (Wildman–Crippen MR) is 241 cm³/mol. The molecule has 60 heavy (non-hydrogen) atoms. The largest absolute Gasteiger partial charge is 0.480 e. The Morgan fingerprint density at radius 3 is 2.52 bits per heavy atom. The Kier molecular flexibility index (Phi) is 12.7. The zero-order valence-corrected chi connectivity index (χ0v) is 37.1. The van der Waals surface area contributed by atoms with Crippen LogP contribution < -0.4 is 16.4 Å². The van der Waals surface area contributed by atoms with Gasteiger partial charge in [0.25, 0.3) is 5.95 Å². The van der Waals surface area contributed by atoms with Gasteiger partial charge in [0.2, 0.25) is 5.13 Å². The van der Waals surface area contributed by atoms with Crippen LogP contribution in [-0.2, 0) is 11.3 Å². The molecule has 324 valence electrons. The Morgan fingerprint density at radius 1 is 1.07 bits per heavy atom. The number of hydrogen-bond acceptors (Lipinski definition) is 11. The van der Waals surface area contributed by atoms with Gasteiger partial charge in [-0.05, 0) is 138 Å². The lowest BCUT2D eigenvalue weighted by atomic mass is 9.46. The summed E-state index contributed by atoms with van der Waals surface area (Å²) in [7, 11) is 0. The monoisotopic (exact) mass is 839 g/mol. The van der Waals surface area contributed by atoms with Crippen LogP contribution in [0.25, 0.3) is 15.8 Å². The van der Waals surface area contributed by atoms with Gasteiger partial charge in [-0.3, -0.25) is 10.1 Å². The molecule has 8 N–H and O–H groups in total. The number of unbranched alkanes of at least 4 members (excludes halogenated alkanes) is 1. The van der Waals surface area contributed by atoms with Gasteiger partial charge in [-0.1, -0.05) is 44.2 Å². The van der Waals surface area contributed by atoms with E-state index in [9.17, 15) is 15.6 Å². The lowest BCUT2D eigenvalue weighted by Crippen LogP contribution is -2.55. The number of aliphatic imine (C=N–C) groups is 1. The summed E-state index contributed by atoms with van der Waals surface area (Å²) in [5, 5.41) is 51.9. The van der Waals surface area contributed by atoms with E-state index in [-0.39, 0.29) is 40.0 Å². The second-order valence-electron chi connectivity index (χ2n) is 18.8. The number of aliphatic hydroxyl groups is 3. The molecule has 4 aliphatic rings. The van der Waals surface area contributed by atoms with Crippen molar-refractivity contribution in [1.29, 1.82) is 5.41 Å². The second-order valence-corrected chi connectivity index (χ2v) is 19.8. The van der Waals surface area contributed by atoms with Gasteiger partial charge in [0.15, 0.2) is 0 Å². The van der Waals surface area contributed by atoms with Crippen molar-refractivity contribution in [2.75, 3.05) is 32.8 Å². The average Bonchev–Trinajstić information content (AvgIpc) is 3.77. The highest BCUT2D eigenvalue weighted by molar-refractivity contribution is 7.22. The van der Waals surface area contributed by atoms with Crippen molar-refractivity contribution in [3.63, 3.8) is 0 Å². The summed E-state index contributed by atoms with van der Waals surface area (Å²) in [6, 6.07) is 7.88. The highest BCUT2D eigenvalue weighted by Gasteiger charge is 2.58. The lowest BCUT2D eigenvalue weighted by Gasteiger charge is -2.61. The molecule has 2 bridgehead atoms. The van der Waals surface area contributed by atoms with Crippen LogP contribution in [0.15, 0.2) is 76.2 Å². The molecule has 4 atom stereocenters. The molecule has 4 heterocycles. The molecular weight excluding hydrogens is 775 g/mol. The minimum atomic E-state index is -0.824. The first-order valence-corrected chi connectivity index (χ1v) is 22.5. The van der Waals surface area contributed by atoms with Crippen molar-refractivity contribution < 1.29 is 20.1 Å². The van der Waals surface area contributed by atoms with E-state index < -0.39 is 5.95 Å². The number of amidine groups is 2. The van der Waals surface area contributed by atoms with Crippen LogP contribution >= 0.6 is 11.3 Å². The van der Waals surface area contributed by atoms with E-state index in [1.165, 1.54) is 17.8 Å². The number of fused-ring (bicyclic) bond motifs is 3. The average molecular weight is 840 g/mol. The quantitative estimate of drug-likeness (QED) is 0.0338. The van der Waals surface area contributed by atoms with E-state index in [4.69, 9.17) is 20.7 Å². The van der Waals surface area contributed by atoms with Gasteiger partial charge in [-0.2, -0.15) is 5.10 Å². The van der Waals surface area contributed by atoms with Gasteiger partial charge in [0, 0.05) is 48.6 Å². The Morgan fingerprint density at radius 2 is 1.82 bits per heavy atom. The Labute approximate surface area is 358 Å². The number of thiazole rings is 1. The number of piperidine rings is 1. The summed E-state index contributed by atoms with van der Waals surface area (Å²) in [5.74, 6) is 0.361. The topological polar surface area (TPSA) is 190 Å². The molecule has 14 heteroatoms. The first-order valence-electron chi connectivity index (χ1n) is 21.6. The van der Waals surface area contributed by atoms with E-state index >= 15 is 0 Å².